The Morgan fingerprint density at radius 2 is 1.75 bits per heavy atom. The summed E-state index contributed by atoms with van der Waals surface area (Å²) >= 11 is 4.71. The van der Waals surface area contributed by atoms with Crippen LogP contribution in [0.25, 0.3) is 0 Å². The molecule has 0 saturated heterocycles. The van der Waals surface area contributed by atoms with Crippen molar-refractivity contribution in [1.29, 1.82) is 0 Å². The van der Waals surface area contributed by atoms with Crippen molar-refractivity contribution in [2.45, 2.75) is 6.92 Å². The lowest BCUT2D eigenvalue weighted by atomic mass is 10.1. The third-order valence-electron chi connectivity index (χ3n) is 1.75. The molecule has 0 aromatic heterocycles. The van der Waals surface area contributed by atoms with Gasteiger partial charge >= 0.3 is 5.97 Å². The zero-order valence-corrected chi connectivity index (χ0v) is 9.67. The minimum atomic E-state index is -0.411. The SMILES string of the molecule is COC(=S)C(=O)c1ccc(OC(C)=O)cc1. The Hall–Kier alpha value is -1.75. The van der Waals surface area contributed by atoms with E-state index in [-0.39, 0.29) is 10.8 Å². The average Bonchev–Trinajstić information content (AvgIpc) is 2.27. The van der Waals surface area contributed by atoms with Gasteiger partial charge in [0.15, 0.2) is 0 Å². The van der Waals surface area contributed by atoms with Crippen LogP contribution in [0.4, 0.5) is 0 Å². The number of ether oxygens (including phenoxy) is 2. The van der Waals surface area contributed by atoms with Crippen LogP contribution >= 0.6 is 12.2 Å². The number of hydrogen-bond acceptors (Lipinski definition) is 5. The summed E-state index contributed by atoms with van der Waals surface area (Å²) < 4.78 is 9.48. The fraction of sp³-hybridized carbons (Fsp3) is 0.182. The van der Waals surface area contributed by atoms with Gasteiger partial charge in [0.2, 0.25) is 10.8 Å². The van der Waals surface area contributed by atoms with Gasteiger partial charge in [-0.15, -0.1) is 0 Å². The lowest BCUT2D eigenvalue weighted by Crippen LogP contribution is -2.13. The van der Waals surface area contributed by atoms with Crippen molar-refractivity contribution < 1.29 is 19.1 Å². The molecule has 1 aromatic carbocycles. The van der Waals surface area contributed by atoms with Crippen LogP contribution in [-0.2, 0) is 9.53 Å². The van der Waals surface area contributed by atoms with Crippen molar-refractivity contribution in [3.63, 3.8) is 0 Å². The first-order valence-electron chi connectivity index (χ1n) is 4.45. The smallest absolute Gasteiger partial charge is 0.308 e. The highest BCUT2D eigenvalue weighted by Gasteiger charge is 2.12. The Morgan fingerprint density at radius 1 is 1.19 bits per heavy atom. The Morgan fingerprint density at radius 3 is 2.19 bits per heavy atom. The number of rotatable bonds is 3. The van der Waals surface area contributed by atoms with Crippen LogP contribution in [0.1, 0.15) is 17.3 Å². The van der Waals surface area contributed by atoms with E-state index >= 15 is 0 Å². The van der Waals surface area contributed by atoms with Gasteiger partial charge in [0, 0.05) is 12.5 Å². The second kappa shape index (κ2) is 5.37. The Bertz CT molecular complexity index is 422. The summed E-state index contributed by atoms with van der Waals surface area (Å²) in [7, 11) is 1.34. The van der Waals surface area contributed by atoms with Crippen molar-refractivity contribution in [2.75, 3.05) is 7.11 Å². The molecule has 0 aliphatic heterocycles. The highest BCUT2D eigenvalue weighted by molar-refractivity contribution is 7.81. The van der Waals surface area contributed by atoms with Crippen molar-refractivity contribution in [1.82, 2.24) is 0 Å². The molecule has 0 radical (unpaired) electrons. The fourth-order valence-corrected chi connectivity index (χ4v) is 1.17. The summed E-state index contributed by atoms with van der Waals surface area (Å²) in [6.45, 7) is 1.30. The van der Waals surface area contributed by atoms with Gasteiger partial charge in [-0.3, -0.25) is 9.59 Å². The van der Waals surface area contributed by atoms with Crippen LogP contribution in [-0.4, -0.2) is 23.9 Å². The van der Waals surface area contributed by atoms with Gasteiger partial charge in [-0.05, 0) is 36.5 Å². The van der Waals surface area contributed by atoms with E-state index in [9.17, 15) is 9.59 Å². The summed E-state index contributed by atoms with van der Waals surface area (Å²) in [4.78, 5) is 22.2. The number of thiocarbonyl (C=S) groups is 1. The van der Waals surface area contributed by atoms with Crippen molar-refractivity contribution in [3.05, 3.63) is 29.8 Å². The second-order valence-corrected chi connectivity index (χ2v) is 3.31. The molecular formula is C11H10O4S. The first-order valence-corrected chi connectivity index (χ1v) is 4.86. The molecule has 1 rings (SSSR count). The van der Waals surface area contributed by atoms with E-state index in [1.54, 1.807) is 0 Å². The monoisotopic (exact) mass is 238 g/mol. The molecule has 0 spiro atoms. The molecule has 4 nitrogen and oxygen atoms in total. The Kier molecular flexibility index (Phi) is 4.13. The molecule has 0 unspecified atom stereocenters. The third-order valence-corrected chi connectivity index (χ3v) is 2.10. The Balaban J connectivity index is 2.82. The molecule has 1 aromatic rings. The third kappa shape index (κ3) is 3.13. The van der Waals surface area contributed by atoms with E-state index in [2.05, 4.69) is 4.74 Å². The van der Waals surface area contributed by atoms with E-state index in [1.807, 2.05) is 0 Å². The Labute approximate surface area is 98.2 Å². The van der Waals surface area contributed by atoms with Gasteiger partial charge in [-0.25, -0.2) is 0 Å². The maximum Gasteiger partial charge on any atom is 0.308 e. The lowest BCUT2D eigenvalue weighted by Gasteiger charge is -2.03. The van der Waals surface area contributed by atoms with Crippen molar-refractivity contribution in [3.8, 4) is 5.75 Å². The number of carbonyl (C=O) groups is 2. The van der Waals surface area contributed by atoms with E-state index < -0.39 is 5.97 Å². The fourth-order valence-electron chi connectivity index (χ4n) is 1.05. The number of Topliss-reactive ketones (excluding diaryl/α,β-unsaturated/α-hetero) is 1. The summed E-state index contributed by atoms with van der Waals surface area (Å²) in [6.07, 6.45) is 0. The molecule has 0 N–H and O–H groups in total. The first kappa shape index (κ1) is 12.3. The molecule has 0 atom stereocenters. The molecule has 0 aliphatic carbocycles. The van der Waals surface area contributed by atoms with Crippen LogP contribution in [0, 0.1) is 0 Å². The van der Waals surface area contributed by atoms with Gasteiger partial charge in [0.1, 0.15) is 5.75 Å². The number of methoxy groups -OCH3 is 1. The minimum Gasteiger partial charge on any atom is -0.484 e. The van der Waals surface area contributed by atoms with Gasteiger partial charge < -0.3 is 9.47 Å². The number of ketones is 1. The first-order chi connectivity index (χ1) is 7.54. The molecular weight excluding hydrogens is 228 g/mol. The van der Waals surface area contributed by atoms with Gasteiger partial charge in [0.05, 0.1) is 7.11 Å². The summed E-state index contributed by atoms with van der Waals surface area (Å²) in [6, 6.07) is 6.08. The molecule has 0 heterocycles. The van der Waals surface area contributed by atoms with Crippen LogP contribution < -0.4 is 4.74 Å². The van der Waals surface area contributed by atoms with E-state index in [0.29, 0.717) is 11.3 Å². The molecule has 0 amide bonds. The molecule has 5 heteroatoms. The molecule has 0 saturated carbocycles. The molecule has 16 heavy (non-hydrogen) atoms. The average molecular weight is 238 g/mol. The van der Waals surface area contributed by atoms with Crippen LogP contribution in [0.5, 0.6) is 5.75 Å². The van der Waals surface area contributed by atoms with E-state index in [0.717, 1.165) is 0 Å². The maximum atomic E-state index is 11.5. The largest absolute Gasteiger partial charge is 0.484 e. The summed E-state index contributed by atoms with van der Waals surface area (Å²) in [5.41, 5.74) is 0.391. The number of carbonyl (C=O) groups excluding carboxylic acids is 2. The zero-order valence-electron chi connectivity index (χ0n) is 8.85. The van der Waals surface area contributed by atoms with Gasteiger partial charge in [0.25, 0.3) is 0 Å². The number of benzene rings is 1. The predicted octanol–water partition coefficient (Wildman–Crippen LogP) is 1.77. The molecule has 0 bridgehead atoms. The highest BCUT2D eigenvalue weighted by Crippen LogP contribution is 2.13. The number of esters is 1. The molecule has 0 fully saturated rings. The molecule has 0 aliphatic rings. The van der Waals surface area contributed by atoms with Gasteiger partial charge in [-0.1, -0.05) is 0 Å². The second-order valence-electron chi connectivity index (χ2n) is 2.94. The van der Waals surface area contributed by atoms with Crippen LogP contribution in [0.2, 0.25) is 0 Å². The standard InChI is InChI=1S/C11H10O4S/c1-7(12)15-9-5-3-8(4-6-9)10(13)11(16)14-2/h3-6H,1-2H3. The van der Waals surface area contributed by atoms with Crippen LogP contribution in [0.3, 0.4) is 0 Å². The molecule has 84 valence electrons. The highest BCUT2D eigenvalue weighted by atomic mass is 32.1. The summed E-state index contributed by atoms with van der Waals surface area (Å²) in [5, 5.41) is -0.0970. The zero-order chi connectivity index (χ0) is 12.1. The topological polar surface area (TPSA) is 52.6 Å². The van der Waals surface area contributed by atoms with Crippen molar-refractivity contribution in [2.24, 2.45) is 0 Å². The van der Waals surface area contributed by atoms with Gasteiger partial charge in [-0.2, -0.15) is 0 Å². The van der Waals surface area contributed by atoms with E-state index in [1.165, 1.54) is 38.3 Å². The quantitative estimate of drug-likeness (QED) is 0.347. The minimum absolute atomic E-state index is 0.0970. The van der Waals surface area contributed by atoms with Crippen LogP contribution in [0.15, 0.2) is 24.3 Å². The maximum absolute atomic E-state index is 11.5. The summed E-state index contributed by atoms with van der Waals surface area (Å²) in [5.74, 6) is -0.397. The predicted molar refractivity (Wildman–Crippen MR) is 61.7 cm³/mol. The number of hydrogen-bond donors (Lipinski definition) is 0. The normalized spacial score (nSPS) is 9.38. The van der Waals surface area contributed by atoms with Crippen molar-refractivity contribution >= 4 is 29.0 Å². The lowest BCUT2D eigenvalue weighted by molar-refractivity contribution is -0.131. The van der Waals surface area contributed by atoms with E-state index in [4.69, 9.17) is 17.0 Å².